The van der Waals surface area contributed by atoms with Crippen LogP contribution >= 0.6 is 0 Å². The van der Waals surface area contributed by atoms with Crippen molar-refractivity contribution in [1.29, 1.82) is 0 Å². The molecule has 1 amide bonds. The molecule has 0 unspecified atom stereocenters. The molecule has 0 heterocycles. The highest BCUT2D eigenvalue weighted by molar-refractivity contribution is 7.89. The molecule has 0 aliphatic rings. The van der Waals surface area contributed by atoms with Crippen LogP contribution < -0.4 is 14.8 Å². The first kappa shape index (κ1) is 17.2. The number of hydrogen-bond acceptors (Lipinski definition) is 4. The average Bonchev–Trinajstić information content (AvgIpc) is 2.35. The van der Waals surface area contributed by atoms with Crippen LogP contribution in [0.3, 0.4) is 0 Å². The zero-order valence-corrected chi connectivity index (χ0v) is 11.7. The highest BCUT2D eigenvalue weighted by Crippen LogP contribution is 2.24. The summed E-state index contributed by atoms with van der Waals surface area (Å²) >= 11 is 0. The van der Waals surface area contributed by atoms with E-state index in [-0.39, 0.29) is 0 Å². The summed E-state index contributed by atoms with van der Waals surface area (Å²) in [6, 6.07) is 3.87. The number of carbonyl (C=O) groups is 1. The van der Waals surface area contributed by atoms with Crippen LogP contribution in [0.4, 0.5) is 13.2 Å². The zero-order valence-electron chi connectivity index (χ0n) is 10.9. The minimum absolute atomic E-state index is 0.329. The number of rotatable bonds is 6. The summed E-state index contributed by atoms with van der Waals surface area (Å²) < 4.78 is 65.5. The highest BCUT2D eigenvalue weighted by Gasteiger charge is 2.31. The number of hydrogen-bond donors (Lipinski definition) is 2. The molecule has 1 aromatic carbocycles. The number of ether oxygens (including phenoxy) is 1. The van der Waals surface area contributed by atoms with Crippen molar-refractivity contribution in [2.75, 3.05) is 13.1 Å². The third-order valence-electron chi connectivity index (χ3n) is 2.15. The molecule has 0 atom stereocenters. The SMILES string of the molecule is CCNC(=O)CNS(=O)(=O)c1cccc(OC(F)(F)F)c1. The number of halogens is 3. The van der Waals surface area contributed by atoms with Crippen molar-refractivity contribution in [2.45, 2.75) is 18.2 Å². The van der Waals surface area contributed by atoms with Crippen molar-refractivity contribution in [3.05, 3.63) is 24.3 Å². The lowest BCUT2D eigenvalue weighted by atomic mass is 10.3. The first-order valence-corrected chi connectivity index (χ1v) is 7.24. The van der Waals surface area contributed by atoms with Crippen LogP contribution in [0.5, 0.6) is 5.75 Å². The second-order valence-corrected chi connectivity index (χ2v) is 5.57. The number of amides is 1. The smallest absolute Gasteiger partial charge is 0.406 e. The van der Waals surface area contributed by atoms with E-state index < -0.39 is 39.5 Å². The fourth-order valence-electron chi connectivity index (χ4n) is 1.34. The minimum atomic E-state index is -4.92. The predicted molar refractivity (Wildman–Crippen MR) is 67.0 cm³/mol. The zero-order chi connectivity index (χ0) is 16.1. The molecule has 1 aromatic rings. The van der Waals surface area contributed by atoms with E-state index in [1.165, 1.54) is 0 Å². The van der Waals surface area contributed by atoms with E-state index in [0.29, 0.717) is 12.6 Å². The fraction of sp³-hybridized carbons (Fsp3) is 0.364. The van der Waals surface area contributed by atoms with Crippen molar-refractivity contribution >= 4 is 15.9 Å². The molecular formula is C11H13F3N2O4S. The van der Waals surface area contributed by atoms with Gasteiger partial charge >= 0.3 is 6.36 Å². The van der Waals surface area contributed by atoms with E-state index in [1.807, 2.05) is 4.72 Å². The number of nitrogens with one attached hydrogen (secondary N) is 2. The van der Waals surface area contributed by atoms with E-state index in [2.05, 4.69) is 10.1 Å². The monoisotopic (exact) mass is 326 g/mol. The summed E-state index contributed by atoms with van der Waals surface area (Å²) in [6.07, 6.45) is -4.92. The molecule has 1 rings (SSSR count). The molecule has 10 heteroatoms. The maximum atomic E-state index is 12.1. The van der Waals surface area contributed by atoms with Crippen LogP contribution in [0.1, 0.15) is 6.92 Å². The summed E-state index contributed by atoms with van der Waals surface area (Å²) in [7, 11) is -4.11. The molecule has 0 aliphatic carbocycles. The number of benzene rings is 1. The van der Waals surface area contributed by atoms with Crippen LogP contribution in [0.15, 0.2) is 29.2 Å². The molecule has 0 fully saturated rings. The van der Waals surface area contributed by atoms with Crippen LogP contribution in [0, 0.1) is 0 Å². The van der Waals surface area contributed by atoms with Gasteiger partial charge in [0.15, 0.2) is 0 Å². The first-order valence-electron chi connectivity index (χ1n) is 5.76. The van der Waals surface area contributed by atoms with Crippen LogP contribution in [-0.4, -0.2) is 33.8 Å². The fourth-order valence-corrected chi connectivity index (χ4v) is 2.36. The van der Waals surface area contributed by atoms with Gasteiger partial charge in [-0.05, 0) is 19.1 Å². The lowest BCUT2D eigenvalue weighted by Gasteiger charge is -2.11. The normalized spacial score (nSPS) is 12.0. The standard InChI is InChI=1S/C11H13F3N2O4S/c1-2-15-10(17)7-16-21(18,19)9-5-3-4-8(6-9)20-11(12,13)14/h3-6,16H,2,7H2,1H3,(H,15,17). The van der Waals surface area contributed by atoms with E-state index in [0.717, 1.165) is 18.2 Å². The van der Waals surface area contributed by atoms with Gasteiger partial charge < -0.3 is 10.1 Å². The van der Waals surface area contributed by atoms with Gasteiger partial charge in [0.25, 0.3) is 0 Å². The number of sulfonamides is 1. The average molecular weight is 326 g/mol. The molecule has 0 bridgehead atoms. The Balaban J connectivity index is 2.84. The van der Waals surface area contributed by atoms with E-state index in [9.17, 15) is 26.4 Å². The van der Waals surface area contributed by atoms with Gasteiger partial charge in [0.2, 0.25) is 15.9 Å². The Morgan fingerprint density at radius 1 is 1.33 bits per heavy atom. The molecule has 0 saturated carbocycles. The molecule has 0 saturated heterocycles. The van der Waals surface area contributed by atoms with Crippen molar-refractivity contribution in [1.82, 2.24) is 10.0 Å². The van der Waals surface area contributed by atoms with Gasteiger partial charge in [0.1, 0.15) is 5.75 Å². The molecule has 0 aromatic heterocycles. The lowest BCUT2D eigenvalue weighted by molar-refractivity contribution is -0.274. The Kier molecular flexibility index (Phi) is 5.55. The molecule has 0 spiro atoms. The van der Waals surface area contributed by atoms with Crippen molar-refractivity contribution in [3.63, 3.8) is 0 Å². The van der Waals surface area contributed by atoms with E-state index >= 15 is 0 Å². The van der Waals surface area contributed by atoms with Crippen molar-refractivity contribution in [3.8, 4) is 5.75 Å². The van der Waals surface area contributed by atoms with Crippen LogP contribution in [0.2, 0.25) is 0 Å². The number of carbonyl (C=O) groups excluding carboxylic acids is 1. The lowest BCUT2D eigenvalue weighted by Crippen LogP contribution is -2.36. The summed E-state index contributed by atoms with van der Waals surface area (Å²) in [5.74, 6) is -1.22. The number of alkyl halides is 3. The number of likely N-dealkylation sites (N-methyl/N-ethyl adjacent to an activating group) is 1. The Morgan fingerprint density at radius 3 is 2.57 bits per heavy atom. The van der Waals surface area contributed by atoms with Gasteiger partial charge in [0.05, 0.1) is 11.4 Å². The third-order valence-corrected chi connectivity index (χ3v) is 3.54. The Hall–Kier alpha value is -1.81. The molecular weight excluding hydrogens is 313 g/mol. The summed E-state index contributed by atoms with van der Waals surface area (Å²) in [4.78, 5) is 10.7. The van der Waals surface area contributed by atoms with Crippen LogP contribution in [0.25, 0.3) is 0 Å². The predicted octanol–water partition coefficient (Wildman–Crippen LogP) is 1.000. The van der Waals surface area contributed by atoms with Crippen molar-refractivity contribution < 1.29 is 31.1 Å². The second kappa shape index (κ2) is 6.76. The summed E-state index contributed by atoms with van der Waals surface area (Å²) in [5, 5.41) is 2.37. The minimum Gasteiger partial charge on any atom is -0.406 e. The Morgan fingerprint density at radius 2 is 2.00 bits per heavy atom. The quantitative estimate of drug-likeness (QED) is 0.817. The van der Waals surface area contributed by atoms with Gasteiger partial charge in [-0.15, -0.1) is 13.2 Å². The Labute approximate surface area is 119 Å². The summed E-state index contributed by atoms with van der Waals surface area (Å²) in [5.41, 5.74) is 0. The molecule has 0 aliphatic heterocycles. The maximum Gasteiger partial charge on any atom is 0.573 e. The van der Waals surface area contributed by atoms with E-state index in [4.69, 9.17) is 0 Å². The summed E-state index contributed by atoms with van der Waals surface area (Å²) in [6.45, 7) is 1.47. The van der Waals surface area contributed by atoms with Crippen molar-refractivity contribution in [2.24, 2.45) is 0 Å². The largest absolute Gasteiger partial charge is 0.573 e. The van der Waals surface area contributed by atoms with Gasteiger partial charge in [-0.3, -0.25) is 4.79 Å². The van der Waals surface area contributed by atoms with Crippen LogP contribution in [-0.2, 0) is 14.8 Å². The van der Waals surface area contributed by atoms with Gasteiger partial charge in [0, 0.05) is 12.6 Å². The Bertz CT molecular complexity index is 602. The third kappa shape index (κ3) is 6.00. The topological polar surface area (TPSA) is 84.5 Å². The highest BCUT2D eigenvalue weighted by atomic mass is 32.2. The molecule has 118 valence electrons. The molecule has 2 N–H and O–H groups in total. The van der Waals surface area contributed by atoms with Gasteiger partial charge in [-0.25, -0.2) is 13.1 Å². The first-order chi connectivity index (χ1) is 9.64. The van der Waals surface area contributed by atoms with E-state index in [1.54, 1.807) is 6.92 Å². The molecule has 6 nitrogen and oxygen atoms in total. The molecule has 21 heavy (non-hydrogen) atoms. The van der Waals surface area contributed by atoms with Gasteiger partial charge in [-0.2, -0.15) is 0 Å². The second-order valence-electron chi connectivity index (χ2n) is 3.80. The van der Waals surface area contributed by atoms with Gasteiger partial charge in [-0.1, -0.05) is 6.07 Å². The molecule has 0 radical (unpaired) electrons. The maximum absolute atomic E-state index is 12.1.